The Morgan fingerprint density at radius 2 is 1.53 bits per heavy atom. The molecule has 5 N–H and O–H groups in total. The molecule has 0 saturated heterocycles. The second-order valence-electron chi connectivity index (χ2n) is 13.3. The Labute approximate surface area is 225 Å². The van der Waals surface area contributed by atoms with E-state index in [0.717, 1.165) is 42.2 Å². The minimum absolute atomic E-state index is 0.00678. The molecule has 5 nitrogen and oxygen atoms in total. The van der Waals surface area contributed by atoms with Gasteiger partial charge in [-0.05, 0) is 68.8 Å². The van der Waals surface area contributed by atoms with Crippen molar-refractivity contribution in [2.24, 2.45) is 27.3 Å². The summed E-state index contributed by atoms with van der Waals surface area (Å²) in [6.07, 6.45) is 2.78. The van der Waals surface area contributed by atoms with E-state index in [0.29, 0.717) is 0 Å². The Hall–Kier alpha value is -3.28. The Kier molecular flexibility index (Phi) is 5.68. The lowest BCUT2D eigenvalue weighted by Crippen LogP contribution is -2.42. The third kappa shape index (κ3) is 4.18. The molecule has 196 valence electrons. The highest BCUT2D eigenvalue weighted by Crippen LogP contribution is 2.40. The van der Waals surface area contributed by atoms with Crippen molar-refractivity contribution in [1.29, 1.82) is 0 Å². The Morgan fingerprint density at radius 3 is 2.26 bits per heavy atom. The van der Waals surface area contributed by atoms with Crippen LogP contribution in [-0.4, -0.2) is 21.7 Å². The lowest BCUT2D eigenvalue weighted by atomic mass is 9.83. The van der Waals surface area contributed by atoms with Crippen LogP contribution in [0.2, 0.25) is 0 Å². The van der Waals surface area contributed by atoms with Crippen LogP contribution in [0, 0.1) is 10.8 Å². The van der Waals surface area contributed by atoms with Crippen LogP contribution < -0.4 is 11.5 Å². The van der Waals surface area contributed by atoms with Gasteiger partial charge in [-0.2, -0.15) is 0 Å². The second kappa shape index (κ2) is 8.62. The third-order valence-electron chi connectivity index (χ3n) is 8.38. The number of aryl methyl sites for hydroxylation is 2. The maximum Gasteiger partial charge on any atom is 0.124 e. The van der Waals surface area contributed by atoms with Crippen LogP contribution in [0.5, 0.6) is 0 Å². The summed E-state index contributed by atoms with van der Waals surface area (Å²) in [5.74, 6) is 0.886. The highest BCUT2D eigenvalue weighted by Gasteiger charge is 2.30. The van der Waals surface area contributed by atoms with Gasteiger partial charge in [0.1, 0.15) is 5.82 Å². The molecule has 38 heavy (non-hydrogen) atoms. The minimum atomic E-state index is -0.124. The van der Waals surface area contributed by atoms with E-state index >= 15 is 0 Å². The van der Waals surface area contributed by atoms with Gasteiger partial charge in [-0.25, -0.2) is 4.98 Å². The molecule has 5 heteroatoms. The van der Waals surface area contributed by atoms with E-state index in [-0.39, 0.29) is 22.9 Å². The largest absolute Gasteiger partial charge is 0.344 e. The van der Waals surface area contributed by atoms with Crippen molar-refractivity contribution in [1.82, 2.24) is 9.97 Å². The summed E-state index contributed by atoms with van der Waals surface area (Å²) in [5, 5.41) is 2.52. The van der Waals surface area contributed by atoms with E-state index < -0.39 is 0 Å². The molecule has 0 saturated carbocycles. The standard InChI is InChI=1S/C33H39N5/c1-32(2,3)29(34)27-17-24-22-11-7-18(15-20(22)9-13-25(24)36-27)19-8-12-23-21(16-19)10-14-26-28(23)38-31(37-26)30(35)33(4,5)6/h7-9,11-13,15-16,29-30H,10,14,17,34-35H2,1-6H3,(H,37,38)/t29-,30-/m1/s1. The molecular weight excluding hydrogens is 466 g/mol. The molecule has 2 heterocycles. The van der Waals surface area contributed by atoms with Gasteiger partial charge in [0.2, 0.25) is 0 Å². The van der Waals surface area contributed by atoms with Gasteiger partial charge in [0, 0.05) is 29.4 Å². The predicted molar refractivity (Wildman–Crippen MR) is 159 cm³/mol. The fourth-order valence-corrected chi connectivity index (χ4v) is 5.77. The van der Waals surface area contributed by atoms with Crippen LogP contribution in [0.3, 0.4) is 0 Å². The normalized spacial score (nSPS) is 16.6. The van der Waals surface area contributed by atoms with Gasteiger partial charge in [0.05, 0.1) is 17.4 Å². The molecular formula is C33H39N5. The molecule has 3 aromatic carbocycles. The van der Waals surface area contributed by atoms with Crippen molar-refractivity contribution in [2.45, 2.75) is 72.9 Å². The van der Waals surface area contributed by atoms with E-state index in [4.69, 9.17) is 21.4 Å². The number of rotatable bonds is 3. The highest BCUT2D eigenvalue weighted by molar-refractivity contribution is 6.04. The van der Waals surface area contributed by atoms with Crippen molar-refractivity contribution in [3.63, 3.8) is 0 Å². The number of imidazole rings is 1. The number of hydrogen-bond acceptors (Lipinski definition) is 4. The SMILES string of the molecule is CC(C)(C)[C@H](N)C1=Nc2ccc3cc(-c4ccc5c(c4)CCc4[nH]c([C@@H](N)C(C)(C)C)nc4-5)ccc3c2C1. The van der Waals surface area contributed by atoms with Crippen LogP contribution in [0.4, 0.5) is 5.69 Å². The molecule has 0 fully saturated rings. The average molecular weight is 506 g/mol. The second-order valence-corrected chi connectivity index (χ2v) is 13.3. The maximum atomic E-state index is 6.56. The summed E-state index contributed by atoms with van der Waals surface area (Å²) in [7, 11) is 0. The lowest BCUT2D eigenvalue weighted by molar-refractivity contribution is 0.316. The molecule has 0 spiro atoms. The van der Waals surface area contributed by atoms with E-state index in [1.54, 1.807) is 0 Å². The van der Waals surface area contributed by atoms with Crippen molar-refractivity contribution in [3.05, 3.63) is 71.2 Å². The fraction of sp³-hybridized carbons (Fsp3) is 0.394. The Bertz CT molecular complexity index is 1590. The molecule has 0 radical (unpaired) electrons. The van der Waals surface area contributed by atoms with Crippen LogP contribution in [0.1, 0.15) is 70.2 Å². The molecule has 2 atom stereocenters. The zero-order chi connectivity index (χ0) is 27.0. The molecule has 1 aliphatic heterocycles. The third-order valence-corrected chi connectivity index (χ3v) is 8.38. The van der Waals surface area contributed by atoms with Gasteiger partial charge < -0.3 is 16.5 Å². The summed E-state index contributed by atoms with van der Waals surface area (Å²) < 4.78 is 0. The monoisotopic (exact) mass is 505 g/mol. The van der Waals surface area contributed by atoms with Crippen molar-refractivity contribution >= 4 is 22.2 Å². The molecule has 6 rings (SSSR count). The van der Waals surface area contributed by atoms with Crippen molar-refractivity contribution in [2.75, 3.05) is 0 Å². The first-order valence-corrected chi connectivity index (χ1v) is 13.8. The van der Waals surface area contributed by atoms with Crippen LogP contribution in [0.15, 0.2) is 53.5 Å². The molecule has 0 amide bonds. The first kappa shape index (κ1) is 25.0. The summed E-state index contributed by atoms with van der Waals surface area (Å²) in [5.41, 5.74) is 23.8. The van der Waals surface area contributed by atoms with Gasteiger partial charge in [-0.1, -0.05) is 77.9 Å². The molecule has 1 aliphatic carbocycles. The summed E-state index contributed by atoms with van der Waals surface area (Å²) in [4.78, 5) is 13.4. The summed E-state index contributed by atoms with van der Waals surface area (Å²) in [6.45, 7) is 13.0. The fourth-order valence-electron chi connectivity index (χ4n) is 5.77. The predicted octanol–water partition coefficient (Wildman–Crippen LogP) is 7.04. The molecule has 2 aliphatic rings. The van der Waals surface area contributed by atoms with E-state index in [9.17, 15) is 0 Å². The van der Waals surface area contributed by atoms with Gasteiger partial charge in [-0.3, -0.25) is 4.99 Å². The van der Waals surface area contributed by atoms with Crippen molar-refractivity contribution in [3.8, 4) is 22.4 Å². The number of aliphatic imine (C=N–C) groups is 1. The van der Waals surface area contributed by atoms with E-state index in [1.165, 1.54) is 44.3 Å². The molecule has 0 bridgehead atoms. The molecule has 4 aromatic rings. The first-order valence-electron chi connectivity index (χ1n) is 13.8. The van der Waals surface area contributed by atoms with E-state index in [2.05, 4.69) is 95.1 Å². The van der Waals surface area contributed by atoms with Crippen LogP contribution in [0.25, 0.3) is 33.2 Å². The number of fused-ring (bicyclic) bond motifs is 6. The number of hydrogen-bond donors (Lipinski definition) is 3. The van der Waals surface area contributed by atoms with Gasteiger partial charge in [-0.15, -0.1) is 0 Å². The number of aromatic amines is 1. The van der Waals surface area contributed by atoms with Crippen LogP contribution >= 0.6 is 0 Å². The minimum Gasteiger partial charge on any atom is -0.344 e. The van der Waals surface area contributed by atoms with E-state index in [1.807, 2.05) is 0 Å². The summed E-state index contributed by atoms with van der Waals surface area (Å²) >= 11 is 0. The quantitative estimate of drug-likeness (QED) is 0.279. The Balaban J connectivity index is 1.31. The number of benzene rings is 3. The van der Waals surface area contributed by atoms with Crippen LogP contribution in [-0.2, 0) is 19.3 Å². The molecule has 0 unspecified atom stereocenters. The number of nitrogens with two attached hydrogens (primary N) is 2. The number of nitrogens with one attached hydrogen (secondary N) is 1. The number of aromatic nitrogens is 2. The average Bonchev–Trinajstić information content (AvgIpc) is 3.50. The topological polar surface area (TPSA) is 93.1 Å². The maximum absolute atomic E-state index is 6.56. The molecule has 1 aromatic heterocycles. The first-order chi connectivity index (χ1) is 17.9. The smallest absolute Gasteiger partial charge is 0.124 e. The summed E-state index contributed by atoms with van der Waals surface area (Å²) in [6, 6.07) is 17.8. The van der Waals surface area contributed by atoms with Gasteiger partial charge in [0.15, 0.2) is 0 Å². The highest BCUT2D eigenvalue weighted by atomic mass is 15.0. The lowest BCUT2D eigenvalue weighted by Gasteiger charge is -2.27. The zero-order valence-electron chi connectivity index (χ0n) is 23.4. The van der Waals surface area contributed by atoms with Crippen molar-refractivity contribution < 1.29 is 0 Å². The zero-order valence-corrected chi connectivity index (χ0v) is 23.4. The number of H-pyrrole nitrogens is 1. The Morgan fingerprint density at radius 1 is 0.816 bits per heavy atom. The van der Waals surface area contributed by atoms with Gasteiger partial charge in [0.25, 0.3) is 0 Å². The van der Waals surface area contributed by atoms with Gasteiger partial charge >= 0.3 is 0 Å². The number of nitrogens with zero attached hydrogens (tertiary/aromatic N) is 2.